The molecule has 0 aliphatic carbocycles. The van der Waals surface area contributed by atoms with E-state index >= 15 is 0 Å². The van der Waals surface area contributed by atoms with E-state index in [1.165, 1.54) is 69.4 Å². The largest absolute Gasteiger partial charge is 0.423 e. The predicted octanol–water partition coefficient (Wildman–Crippen LogP) is 6.51. The van der Waals surface area contributed by atoms with Crippen LogP contribution in [0.25, 0.3) is 0 Å². The minimum atomic E-state index is -3.02. The molecule has 2 aromatic rings. The molecule has 0 spiro atoms. The monoisotopic (exact) mass is 422 g/mol. The van der Waals surface area contributed by atoms with Crippen molar-refractivity contribution in [1.82, 2.24) is 0 Å². The average Bonchev–Trinajstić information content (AvgIpc) is 2.62. The smallest absolute Gasteiger partial charge is 0.260 e. The summed E-state index contributed by atoms with van der Waals surface area (Å²) in [6, 6.07) is 9.01. The Hall–Kier alpha value is -1.64. The molecular weight excluding hydrogens is 380 g/mol. The van der Waals surface area contributed by atoms with Gasteiger partial charge >= 0.3 is 0 Å². The average molecular weight is 423 g/mol. The molecule has 1 nitrogen and oxygen atoms in total. The first kappa shape index (κ1) is 24.6. The maximum atomic E-state index is 12.9. The highest BCUT2D eigenvalue weighted by Crippen LogP contribution is 2.31. The van der Waals surface area contributed by atoms with E-state index in [0.29, 0.717) is 0 Å². The third kappa shape index (κ3) is 5.15. The summed E-state index contributed by atoms with van der Waals surface area (Å²) in [4.78, 5) is 12.9. The number of rotatable bonds is 9. The fraction of sp³-hybridized carbons (Fsp3) is 0.500. The van der Waals surface area contributed by atoms with Crippen LogP contribution in [0.1, 0.15) is 79.3 Å². The van der Waals surface area contributed by atoms with E-state index in [1.807, 2.05) is 0 Å². The lowest BCUT2D eigenvalue weighted by Gasteiger charge is -2.38. The van der Waals surface area contributed by atoms with Crippen LogP contribution in [-0.2, 0) is 0 Å². The predicted molar refractivity (Wildman–Crippen MR) is 136 cm³/mol. The van der Waals surface area contributed by atoms with Gasteiger partial charge in [0.15, 0.2) is 0 Å². The van der Waals surface area contributed by atoms with Gasteiger partial charge in [0.1, 0.15) is 0 Å². The van der Waals surface area contributed by atoms with Crippen molar-refractivity contribution in [3.63, 3.8) is 0 Å². The molecule has 30 heavy (non-hydrogen) atoms. The van der Waals surface area contributed by atoms with Crippen molar-refractivity contribution >= 4 is 18.7 Å². The summed E-state index contributed by atoms with van der Waals surface area (Å²) in [7, 11) is -3.02. The second-order valence-electron chi connectivity index (χ2n) is 9.30. The molecule has 1 atom stereocenters. The Morgan fingerprint density at radius 2 is 1.20 bits per heavy atom. The molecule has 0 amide bonds. The molecule has 0 bridgehead atoms. The molecule has 0 aliphatic heterocycles. The van der Waals surface area contributed by atoms with Crippen molar-refractivity contribution in [2.75, 3.05) is 0 Å². The Balaban J connectivity index is 2.78. The van der Waals surface area contributed by atoms with Gasteiger partial charge in [0.05, 0.1) is 0 Å². The SMILES string of the molecule is C/C=C/[C@@H](CCCCCC)[Si](O)(c1c(C)cc(C)cc1C)c1c(C)cc(C)cc1C. The zero-order valence-electron chi connectivity index (χ0n) is 20.5. The van der Waals surface area contributed by atoms with Crippen molar-refractivity contribution in [3.05, 3.63) is 69.8 Å². The molecule has 0 saturated heterocycles. The Morgan fingerprint density at radius 1 is 0.767 bits per heavy atom. The van der Waals surface area contributed by atoms with Crippen LogP contribution in [0.2, 0.25) is 5.54 Å². The van der Waals surface area contributed by atoms with E-state index in [4.69, 9.17) is 0 Å². The van der Waals surface area contributed by atoms with E-state index in [0.717, 1.165) is 6.42 Å². The first-order chi connectivity index (χ1) is 14.2. The molecule has 0 aliphatic rings. The Kier molecular flexibility index (Phi) is 8.69. The minimum absolute atomic E-state index is 0.180. The Morgan fingerprint density at radius 3 is 1.57 bits per heavy atom. The van der Waals surface area contributed by atoms with Gasteiger partial charge in [-0.05, 0) is 87.5 Å². The van der Waals surface area contributed by atoms with Crippen molar-refractivity contribution in [3.8, 4) is 0 Å². The molecule has 164 valence electrons. The molecule has 2 aromatic carbocycles. The van der Waals surface area contributed by atoms with Gasteiger partial charge in [0.2, 0.25) is 0 Å². The number of aryl methyl sites for hydroxylation is 6. The van der Waals surface area contributed by atoms with Gasteiger partial charge in [-0.3, -0.25) is 0 Å². The van der Waals surface area contributed by atoms with Crippen molar-refractivity contribution in [2.24, 2.45) is 0 Å². The lowest BCUT2D eigenvalue weighted by molar-refractivity contribution is 0.531. The first-order valence-electron chi connectivity index (χ1n) is 11.7. The Bertz CT molecular complexity index is 790. The summed E-state index contributed by atoms with van der Waals surface area (Å²) in [6.07, 6.45) is 10.4. The summed E-state index contributed by atoms with van der Waals surface area (Å²) in [6.45, 7) is 17.4. The fourth-order valence-corrected chi connectivity index (χ4v) is 10.3. The van der Waals surface area contributed by atoms with Crippen LogP contribution in [0.15, 0.2) is 36.4 Å². The molecule has 0 aromatic heterocycles. The zero-order chi connectivity index (χ0) is 22.5. The minimum Gasteiger partial charge on any atom is -0.423 e. The fourth-order valence-electron chi connectivity index (χ4n) is 5.53. The highest BCUT2D eigenvalue weighted by atomic mass is 28.4. The zero-order valence-corrected chi connectivity index (χ0v) is 21.5. The van der Waals surface area contributed by atoms with Crippen LogP contribution < -0.4 is 10.4 Å². The topological polar surface area (TPSA) is 20.2 Å². The van der Waals surface area contributed by atoms with Gasteiger partial charge in [0, 0.05) is 5.54 Å². The normalized spacial score (nSPS) is 13.2. The maximum Gasteiger partial charge on any atom is 0.260 e. The van der Waals surface area contributed by atoms with E-state index in [-0.39, 0.29) is 5.54 Å². The molecule has 2 heteroatoms. The van der Waals surface area contributed by atoms with Crippen molar-refractivity contribution in [1.29, 1.82) is 0 Å². The molecular formula is C28H42OSi. The van der Waals surface area contributed by atoms with Crippen LogP contribution in [0, 0.1) is 41.5 Å². The number of hydrogen-bond donors (Lipinski definition) is 1. The van der Waals surface area contributed by atoms with Gasteiger partial charge in [-0.1, -0.05) is 80.2 Å². The standard InChI is InChI=1S/C28H42OSi/c1-9-11-12-13-15-26(14-10-2)30(29,27-22(5)16-20(3)17-23(27)6)28-24(7)18-21(4)19-25(28)8/h10,14,16-19,26,29H,9,11-13,15H2,1-8H3/b14-10+/t26-/m0/s1. The van der Waals surface area contributed by atoms with E-state index in [9.17, 15) is 4.80 Å². The van der Waals surface area contributed by atoms with Crippen LogP contribution in [0.3, 0.4) is 0 Å². The summed E-state index contributed by atoms with van der Waals surface area (Å²) in [5.41, 5.74) is 7.68. The van der Waals surface area contributed by atoms with Gasteiger partial charge < -0.3 is 4.80 Å². The summed E-state index contributed by atoms with van der Waals surface area (Å²) >= 11 is 0. The van der Waals surface area contributed by atoms with Gasteiger partial charge in [-0.15, -0.1) is 0 Å². The van der Waals surface area contributed by atoms with Crippen molar-refractivity contribution < 1.29 is 4.80 Å². The first-order valence-corrected chi connectivity index (χ1v) is 13.7. The van der Waals surface area contributed by atoms with Crippen LogP contribution >= 0.6 is 0 Å². The second kappa shape index (κ2) is 10.6. The van der Waals surface area contributed by atoms with E-state index < -0.39 is 8.32 Å². The Labute approximate surface area is 186 Å². The highest BCUT2D eigenvalue weighted by molar-refractivity contribution is 6.99. The molecule has 0 heterocycles. The summed E-state index contributed by atoms with van der Waals surface area (Å²) in [5, 5.41) is 2.45. The summed E-state index contributed by atoms with van der Waals surface area (Å²) in [5.74, 6) is 0. The number of benzene rings is 2. The molecule has 2 rings (SSSR count). The molecule has 0 fully saturated rings. The third-order valence-corrected chi connectivity index (χ3v) is 11.1. The molecule has 1 N–H and O–H groups in total. The van der Waals surface area contributed by atoms with E-state index in [2.05, 4.69) is 91.8 Å². The molecule has 0 saturated carbocycles. The maximum absolute atomic E-state index is 12.9. The van der Waals surface area contributed by atoms with E-state index in [1.54, 1.807) is 0 Å². The van der Waals surface area contributed by atoms with Crippen LogP contribution in [-0.4, -0.2) is 13.1 Å². The third-order valence-electron chi connectivity index (χ3n) is 6.45. The number of unbranched alkanes of at least 4 members (excludes halogenated alkanes) is 3. The summed E-state index contributed by atoms with van der Waals surface area (Å²) < 4.78 is 0. The van der Waals surface area contributed by atoms with Gasteiger partial charge in [-0.25, -0.2) is 0 Å². The quantitative estimate of drug-likeness (QED) is 0.277. The van der Waals surface area contributed by atoms with Crippen LogP contribution in [0.5, 0.6) is 0 Å². The number of hydrogen-bond acceptors (Lipinski definition) is 1. The molecule has 0 radical (unpaired) electrons. The van der Waals surface area contributed by atoms with Crippen LogP contribution in [0.4, 0.5) is 0 Å². The van der Waals surface area contributed by atoms with Crippen molar-refractivity contribution in [2.45, 2.75) is 93.0 Å². The highest BCUT2D eigenvalue weighted by Gasteiger charge is 2.46. The lowest BCUT2D eigenvalue weighted by atomic mass is 10.1. The number of allylic oxidation sites excluding steroid dienone is 2. The molecule has 0 unspecified atom stereocenters. The lowest BCUT2D eigenvalue weighted by Crippen LogP contribution is -2.65. The second-order valence-corrected chi connectivity index (χ2v) is 12.6. The van der Waals surface area contributed by atoms with Gasteiger partial charge in [0.25, 0.3) is 8.32 Å². The van der Waals surface area contributed by atoms with Gasteiger partial charge in [-0.2, -0.15) is 0 Å².